The van der Waals surface area contributed by atoms with Crippen molar-refractivity contribution in [1.82, 2.24) is 5.32 Å². The number of anilines is 1. The largest absolute Gasteiger partial charge is 0.395 e. The molecule has 4 rings (SSSR count). The molecule has 29 heavy (non-hydrogen) atoms. The molecule has 8 heteroatoms. The summed E-state index contributed by atoms with van der Waals surface area (Å²) in [5.41, 5.74) is 3.43. The minimum absolute atomic E-state index is 0.126. The van der Waals surface area contributed by atoms with E-state index in [2.05, 4.69) is 10.6 Å². The molecule has 2 aromatic carbocycles. The Morgan fingerprint density at radius 3 is 2.76 bits per heavy atom. The van der Waals surface area contributed by atoms with Crippen LogP contribution in [0.25, 0.3) is 0 Å². The van der Waals surface area contributed by atoms with Crippen molar-refractivity contribution in [3.05, 3.63) is 65.0 Å². The van der Waals surface area contributed by atoms with Crippen molar-refractivity contribution >= 4 is 21.4 Å². The van der Waals surface area contributed by atoms with Gasteiger partial charge < -0.3 is 15.7 Å². The average molecular weight is 418 g/mol. The molecule has 3 atom stereocenters. The maximum Gasteiger partial charge on any atom is 0.243 e. The standard InChI is InChI=1S/C21H23FN2O4S/c22-15-5-6-18-14(9-15)11-20(23-18)21(26)24-19-10-13-3-1-2-4-16(13)17(19)12-29(27,28)8-7-25/h1-6,9,17,19-20,23,25H,7-8,10-12H2,(H,24,26)/t17-,19-,20?/m1/s1. The van der Waals surface area contributed by atoms with Gasteiger partial charge in [0.1, 0.15) is 11.9 Å². The van der Waals surface area contributed by atoms with Crippen molar-refractivity contribution < 1.29 is 22.7 Å². The van der Waals surface area contributed by atoms with Gasteiger partial charge in [-0.2, -0.15) is 0 Å². The van der Waals surface area contributed by atoms with Gasteiger partial charge in [0.2, 0.25) is 5.91 Å². The van der Waals surface area contributed by atoms with E-state index in [-0.39, 0.29) is 35.2 Å². The molecule has 154 valence electrons. The molecule has 0 fully saturated rings. The lowest BCUT2D eigenvalue weighted by Crippen LogP contribution is -2.46. The van der Waals surface area contributed by atoms with Crippen molar-refractivity contribution in [3.63, 3.8) is 0 Å². The van der Waals surface area contributed by atoms with Crippen LogP contribution >= 0.6 is 0 Å². The normalized spacial score (nSPS) is 22.6. The molecular formula is C21H23FN2O4S. The van der Waals surface area contributed by atoms with Gasteiger partial charge in [0.15, 0.2) is 9.84 Å². The number of carbonyl (C=O) groups is 1. The summed E-state index contributed by atoms with van der Waals surface area (Å²) in [4.78, 5) is 12.9. The Balaban J connectivity index is 1.50. The second-order valence-electron chi connectivity index (χ2n) is 7.66. The third-order valence-electron chi connectivity index (χ3n) is 5.68. The summed E-state index contributed by atoms with van der Waals surface area (Å²) in [5, 5.41) is 15.2. The summed E-state index contributed by atoms with van der Waals surface area (Å²) in [6.45, 7) is -0.422. The number of carbonyl (C=O) groups excluding carboxylic acids is 1. The summed E-state index contributed by atoms with van der Waals surface area (Å²) in [6.07, 6.45) is 0.932. The van der Waals surface area contributed by atoms with Gasteiger partial charge in [-0.1, -0.05) is 24.3 Å². The fourth-order valence-corrected chi connectivity index (χ4v) is 5.71. The van der Waals surface area contributed by atoms with Gasteiger partial charge in [-0.05, 0) is 41.3 Å². The monoisotopic (exact) mass is 418 g/mol. The van der Waals surface area contributed by atoms with E-state index >= 15 is 0 Å². The first-order valence-electron chi connectivity index (χ1n) is 9.61. The molecule has 0 aromatic heterocycles. The van der Waals surface area contributed by atoms with Crippen LogP contribution in [0.5, 0.6) is 0 Å². The average Bonchev–Trinajstić information content (AvgIpc) is 3.23. The molecule has 1 aliphatic heterocycles. The van der Waals surface area contributed by atoms with Crippen LogP contribution in [-0.4, -0.2) is 49.6 Å². The summed E-state index contributed by atoms with van der Waals surface area (Å²) >= 11 is 0. The van der Waals surface area contributed by atoms with Crippen LogP contribution in [0.3, 0.4) is 0 Å². The Kier molecular flexibility index (Phi) is 5.31. The van der Waals surface area contributed by atoms with Gasteiger partial charge >= 0.3 is 0 Å². The number of aliphatic hydroxyl groups is 1. The first-order chi connectivity index (χ1) is 13.9. The fraction of sp³-hybridized carbons (Fsp3) is 0.381. The van der Waals surface area contributed by atoms with Crippen LogP contribution in [-0.2, 0) is 27.5 Å². The Morgan fingerprint density at radius 2 is 1.97 bits per heavy atom. The number of fused-ring (bicyclic) bond motifs is 2. The quantitative estimate of drug-likeness (QED) is 0.659. The second-order valence-corrected chi connectivity index (χ2v) is 9.89. The van der Waals surface area contributed by atoms with Crippen LogP contribution in [0, 0.1) is 5.82 Å². The molecule has 0 spiro atoms. The lowest BCUT2D eigenvalue weighted by atomic mass is 10.00. The van der Waals surface area contributed by atoms with Gasteiger partial charge in [0.25, 0.3) is 0 Å². The third-order valence-corrected chi connectivity index (χ3v) is 7.35. The zero-order valence-electron chi connectivity index (χ0n) is 15.8. The summed E-state index contributed by atoms with van der Waals surface area (Å²) in [7, 11) is -3.45. The van der Waals surface area contributed by atoms with Gasteiger partial charge in [-0.15, -0.1) is 0 Å². The number of aliphatic hydroxyl groups excluding tert-OH is 1. The van der Waals surface area contributed by atoms with E-state index in [0.29, 0.717) is 12.8 Å². The first kappa shape index (κ1) is 19.8. The Bertz CT molecular complexity index is 1040. The zero-order chi connectivity index (χ0) is 20.6. The van der Waals surface area contributed by atoms with Gasteiger partial charge in [0.05, 0.1) is 18.1 Å². The molecule has 3 N–H and O–H groups in total. The molecule has 0 radical (unpaired) electrons. The number of hydrogen-bond acceptors (Lipinski definition) is 5. The Morgan fingerprint density at radius 1 is 1.17 bits per heavy atom. The van der Waals surface area contributed by atoms with E-state index in [9.17, 15) is 17.6 Å². The minimum atomic E-state index is -3.45. The Hall–Kier alpha value is -2.45. The molecule has 0 saturated heterocycles. The van der Waals surface area contributed by atoms with Gasteiger partial charge in [0, 0.05) is 24.1 Å². The maximum absolute atomic E-state index is 13.4. The first-order valence-corrected chi connectivity index (χ1v) is 11.4. The van der Waals surface area contributed by atoms with Crippen LogP contribution in [0.15, 0.2) is 42.5 Å². The van der Waals surface area contributed by atoms with E-state index in [1.807, 2.05) is 24.3 Å². The highest BCUT2D eigenvalue weighted by Crippen LogP contribution is 2.35. The van der Waals surface area contributed by atoms with Crippen molar-refractivity contribution in [1.29, 1.82) is 0 Å². The smallest absolute Gasteiger partial charge is 0.243 e. The maximum atomic E-state index is 13.4. The summed E-state index contributed by atoms with van der Waals surface area (Å²) in [6, 6.07) is 11.1. The number of sulfone groups is 1. The van der Waals surface area contributed by atoms with Crippen LogP contribution in [0.4, 0.5) is 10.1 Å². The van der Waals surface area contributed by atoms with E-state index < -0.39 is 22.5 Å². The number of hydrogen-bond donors (Lipinski definition) is 3. The van der Waals surface area contributed by atoms with E-state index in [4.69, 9.17) is 5.11 Å². The van der Waals surface area contributed by atoms with Gasteiger partial charge in [-0.25, -0.2) is 12.8 Å². The third kappa shape index (κ3) is 4.13. The lowest BCUT2D eigenvalue weighted by Gasteiger charge is -2.23. The van der Waals surface area contributed by atoms with Crippen LogP contribution in [0.1, 0.15) is 22.6 Å². The molecule has 2 aromatic rings. The van der Waals surface area contributed by atoms with Crippen LogP contribution < -0.4 is 10.6 Å². The van der Waals surface area contributed by atoms with Crippen LogP contribution in [0.2, 0.25) is 0 Å². The highest BCUT2D eigenvalue weighted by Gasteiger charge is 2.38. The van der Waals surface area contributed by atoms with E-state index in [0.717, 1.165) is 22.4 Å². The lowest BCUT2D eigenvalue weighted by molar-refractivity contribution is -0.122. The molecule has 0 bridgehead atoms. The predicted molar refractivity (Wildman–Crippen MR) is 108 cm³/mol. The highest BCUT2D eigenvalue weighted by molar-refractivity contribution is 7.91. The summed E-state index contributed by atoms with van der Waals surface area (Å²) < 4.78 is 38.1. The molecule has 2 aliphatic rings. The molecule has 1 unspecified atom stereocenters. The van der Waals surface area contributed by atoms with Crippen molar-refractivity contribution in [2.24, 2.45) is 0 Å². The zero-order valence-corrected chi connectivity index (χ0v) is 16.6. The van der Waals surface area contributed by atoms with Crippen molar-refractivity contribution in [2.45, 2.75) is 30.8 Å². The Labute approximate surface area is 169 Å². The van der Waals surface area contributed by atoms with Gasteiger partial charge in [-0.3, -0.25) is 4.79 Å². The van der Waals surface area contributed by atoms with E-state index in [1.54, 1.807) is 6.07 Å². The SMILES string of the molecule is O=C(N[C@@H]1Cc2ccccc2[C@H]1CS(=O)(=O)CCO)C1Cc2cc(F)ccc2N1. The summed E-state index contributed by atoms with van der Waals surface area (Å²) in [5.74, 6) is -1.36. The molecule has 1 heterocycles. The highest BCUT2D eigenvalue weighted by atomic mass is 32.2. The topological polar surface area (TPSA) is 95.5 Å². The predicted octanol–water partition coefficient (Wildman–Crippen LogP) is 1.39. The number of nitrogens with one attached hydrogen (secondary N) is 2. The number of amides is 1. The molecule has 1 amide bonds. The fourth-order valence-electron chi connectivity index (χ4n) is 4.30. The molecule has 1 aliphatic carbocycles. The molecule has 0 saturated carbocycles. The number of benzene rings is 2. The minimum Gasteiger partial charge on any atom is -0.395 e. The van der Waals surface area contributed by atoms with Crippen molar-refractivity contribution in [3.8, 4) is 0 Å². The number of halogens is 1. The molecule has 6 nitrogen and oxygen atoms in total. The number of rotatable bonds is 6. The van der Waals surface area contributed by atoms with E-state index in [1.165, 1.54) is 12.1 Å². The van der Waals surface area contributed by atoms with Crippen molar-refractivity contribution in [2.75, 3.05) is 23.4 Å². The molecular weight excluding hydrogens is 395 g/mol. The second kappa shape index (κ2) is 7.76.